The van der Waals surface area contributed by atoms with E-state index in [4.69, 9.17) is 44.9 Å². The molecule has 1 aromatic heterocycles. The van der Waals surface area contributed by atoms with Crippen LogP contribution >= 0.6 is 35.4 Å². The van der Waals surface area contributed by atoms with E-state index in [1.807, 2.05) is 12.1 Å². The van der Waals surface area contributed by atoms with Gasteiger partial charge >= 0.3 is 5.24 Å². The lowest BCUT2D eigenvalue weighted by molar-refractivity contribution is 0.100. The summed E-state index contributed by atoms with van der Waals surface area (Å²) in [7, 11) is 0. The van der Waals surface area contributed by atoms with E-state index < -0.39 is 11.6 Å². The van der Waals surface area contributed by atoms with Crippen LogP contribution in [0.5, 0.6) is 0 Å². The molecule has 1 heterocycles. The van der Waals surface area contributed by atoms with Gasteiger partial charge in [0.15, 0.2) is 11.6 Å². The van der Waals surface area contributed by atoms with E-state index in [0.29, 0.717) is 11.6 Å². The fraction of sp³-hybridized carbons (Fsp3) is 0.375. The van der Waals surface area contributed by atoms with Crippen molar-refractivity contribution >= 4 is 40.7 Å². The molecule has 0 N–H and O–H groups in total. The van der Waals surface area contributed by atoms with Gasteiger partial charge in [-0.05, 0) is 24.1 Å². The quantitative estimate of drug-likeness (QED) is 0.383. The SMILES string of the molecule is CCCCOC(=S)OC(c1ccc(Cl)cc1)C(Cl)n1ccnc1. The monoisotopic (exact) mass is 372 g/mol. The number of halogens is 2. The third kappa shape index (κ3) is 5.37. The molecular weight excluding hydrogens is 355 g/mol. The van der Waals surface area contributed by atoms with Gasteiger partial charge in [0.2, 0.25) is 0 Å². The molecule has 0 saturated heterocycles. The van der Waals surface area contributed by atoms with Crippen LogP contribution in [-0.4, -0.2) is 21.4 Å². The lowest BCUT2D eigenvalue weighted by Gasteiger charge is -2.24. The first-order chi connectivity index (χ1) is 11.1. The number of thiocarbonyl (C=S) groups is 1. The highest BCUT2D eigenvalue weighted by atomic mass is 35.5. The highest BCUT2D eigenvalue weighted by Crippen LogP contribution is 2.34. The molecule has 124 valence electrons. The van der Waals surface area contributed by atoms with Crippen LogP contribution in [0.3, 0.4) is 0 Å². The normalized spacial score (nSPS) is 13.3. The minimum atomic E-state index is -0.522. The number of imidazole rings is 1. The van der Waals surface area contributed by atoms with Crippen molar-refractivity contribution < 1.29 is 9.47 Å². The molecule has 4 nitrogen and oxygen atoms in total. The molecule has 0 aliphatic rings. The number of benzene rings is 1. The second-order valence-electron chi connectivity index (χ2n) is 4.92. The Morgan fingerprint density at radius 2 is 2.09 bits per heavy atom. The van der Waals surface area contributed by atoms with Crippen molar-refractivity contribution in [1.82, 2.24) is 9.55 Å². The summed E-state index contributed by atoms with van der Waals surface area (Å²) in [6.45, 7) is 2.61. The predicted octanol–water partition coefficient (Wildman–Crippen LogP) is 5.13. The largest absolute Gasteiger partial charge is 0.457 e. The number of alkyl halides is 1. The van der Waals surface area contributed by atoms with E-state index in [1.165, 1.54) is 0 Å². The summed E-state index contributed by atoms with van der Waals surface area (Å²) in [5, 5.41) is 0.729. The number of hydrogen-bond donors (Lipinski definition) is 0. The van der Waals surface area contributed by atoms with Crippen molar-refractivity contribution in [3.8, 4) is 0 Å². The molecule has 2 aromatic rings. The van der Waals surface area contributed by atoms with Crippen molar-refractivity contribution in [3.05, 3.63) is 53.6 Å². The molecule has 0 fully saturated rings. The van der Waals surface area contributed by atoms with Gasteiger partial charge in [-0.3, -0.25) is 0 Å². The van der Waals surface area contributed by atoms with Crippen LogP contribution in [0, 0.1) is 0 Å². The summed E-state index contributed by atoms with van der Waals surface area (Å²) in [5.41, 5.74) is 0.330. The van der Waals surface area contributed by atoms with Gasteiger partial charge in [0, 0.05) is 29.6 Å². The number of rotatable bonds is 7. The molecule has 0 bridgehead atoms. The molecule has 2 atom stereocenters. The first-order valence-corrected chi connectivity index (χ1v) is 8.54. The average Bonchev–Trinajstić information content (AvgIpc) is 3.08. The number of unbranched alkanes of at least 4 members (excludes halogenated alkanes) is 1. The lowest BCUT2D eigenvalue weighted by atomic mass is 10.1. The van der Waals surface area contributed by atoms with Crippen molar-refractivity contribution in [2.45, 2.75) is 31.4 Å². The molecule has 0 spiro atoms. The zero-order valence-electron chi connectivity index (χ0n) is 12.7. The van der Waals surface area contributed by atoms with Crippen molar-refractivity contribution in [2.75, 3.05) is 6.61 Å². The van der Waals surface area contributed by atoms with Gasteiger partial charge < -0.3 is 14.0 Å². The van der Waals surface area contributed by atoms with Gasteiger partial charge in [0.25, 0.3) is 0 Å². The number of ether oxygens (including phenoxy) is 2. The summed E-state index contributed by atoms with van der Waals surface area (Å²) >= 11 is 17.7. The minimum Gasteiger partial charge on any atom is -0.457 e. The molecule has 1 aromatic carbocycles. The first kappa shape index (κ1) is 18.0. The Balaban J connectivity index is 2.14. The van der Waals surface area contributed by atoms with Crippen LogP contribution in [0.15, 0.2) is 43.0 Å². The molecule has 0 aliphatic carbocycles. The minimum absolute atomic E-state index is 0.0872. The number of aromatic nitrogens is 2. The fourth-order valence-electron chi connectivity index (χ4n) is 1.94. The molecule has 0 radical (unpaired) electrons. The topological polar surface area (TPSA) is 36.3 Å². The van der Waals surface area contributed by atoms with Crippen LogP contribution in [0.4, 0.5) is 0 Å². The molecular formula is C16H18Cl2N2O2S. The lowest BCUT2D eigenvalue weighted by Crippen LogP contribution is -2.20. The van der Waals surface area contributed by atoms with Crippen LogP contribution < -0.4 is 0 Å². The van der Waals surface area contributed by atoms with E-state index in [-0.39, 0.29) is 5.24 Å². The maximum atomic E-state index is 6.54. The predicted molar refractivity (Wildman–Crippen MR) is 95.9 cm³/mol. The fourth-order valence-corrected chi connectivity index (χ4v) is 2.57. The van der Waals surface area contributed by atoms with Crippen molar-refractivity contribution in [1.29, 1.82) is 0 Å². The first-order valence-electron chi connectivity index (χ1n) is 7.32. The second kappa shape index (κ2) is 9.11. The molecule has 0 saturated carbocycles. The van der Waals surface area contributed by atoms with Gasteiger partial charge in [-0.1, -0.05) is 48.7 Å². The highest BCUT2D eigenvalue weighted by molar-refractivity contribution is 7.79. The van der Waals surface area contributed by atoms with Crippen LogP contribution in [-0.2, 0) is 9.47 Å². The summed E-state index contributed by atoms with van der Waals surface area (Å²) in [6.07, 6.45) is 6.48. The van der Waals surface area contributed by atoms with Crippen molar-refractivity contribution in [2.24, 2.45) is 0 Å². The third-order valence-corrected chi connectivity index (χ3v) is 4.12. The Morgan fingerprint density at radius 3 is 2.70 bits per heavy atom. The van der Waals surface area contributed by atoms with E-state index in [0.717, 1.165) is 18.4 Å². The van der Waals surface area contributed by atoms with E-state index in [1.54, 1.807) is 35.4 Å². The van der Waals surface area contributed by atoms with E-state index in [2.05, 4.69) is 11.9 Å². The summed E-state index contributed by atoms with van der Waals surface area (Å²) in [5.74, 6) is 0. The Labute approximate surface area is 151 Å². The maximum absolute atomic E-state index is 6.54. The molecule has 2 rings (SSSR count). The second-order valence-corrected chi connectivity index (χ2v) is 6.14. The van der Waals surface area contributed by atoms with E-state index in [9.17, 15) is 0 Å². The Morgan fingerprint density at radius 1 is 1.35 bits per heavy atom. The van der Waals surface area contributed by atoms with Crippen molar-refractivity contribution in [3.63, 3.8) is 0 Å². The molecule has 2 unspecified atom stereocenters. The zero-order chi connectivity index (χ0) is 16.7. The van der Waals surface area contributed by atoms with E-state index >= 15 is 0 Å². The smallest absolute Gasteiger partial charge is 0.352 e. The standard InChI is InChI=1S/C16H18Cl2N2O2S/c1-2-3-10-21-16(23)22-14(12-4-6-13(17)7-5-12)15(18)20-9-8-19-11-20/h4-9,11,14-15H,2-3,10H2,1H3. The van der Waals surface area contributed by atoms with Crippen LogP contribution in [0.1, 0.15) is 36.9 Å². The molecule has 23 heavy (non-hydrogen) atoms. The summed E-state index contributed by atoms with van der Waals surface area (Å²) in [6, 6.07) is 7.28. The Hall–Kier alpha value is -1.30. The summed E-state index contributed by atoms with van der Waals surface area (Å²) < 4.78 is 13.0. The summed E-state index contributed by atoms with van der Waals surface area (Å²) in [4.78, 5) is 4.01. The Kier molecular flexibility index (Phi) is 7.15. The number of hydrogen-bond acceptors (Lipinski definition) is 4. The molecule has 0 aliphatic heterocycles. The molecule has 0 amide bonds. The highest BCUT2D eigenvalue weighted by Gasteiger charge is 2.26. The van der Waals surface area contributed by atoms with Gasteiger partial charge in [-0.2, -0.15) is 0 Å². The third-order valence-electron chi connectivity index (χ3n) is 3.20. The van der Waals surface area contributed by atoms with Crippen LogP contribution in [0.25, 0.3) is 0 Å². The van der Waals surface area contributed by atoms with Gasteiger partial charge in [-0.25, -0.2) is 4.98 Å². The number of nitrogens with zero attached hydrogens (tertiary/aromatic N) is 2. The van der Waals surface area contributed by atoms with Gasteiger partial charge in [0.05, 0.1) is 12.9 Å². The van der Waals surface area contributed by atoms with Crippen LogP contribution in [0.2, 0.25) is 5.02 Å². The average molecular weight is 373 g/mol. The van der Waals surface area contributed by atoms with Gasteiger partial charge in [-0.15, -0.1) is 0 Å². The zero-order valence-corrected chi connectivity index (χ0v) is 15.0. The molecule has 7 heteroatoms. The maximum Gasteiger partial charge on any atom is 0.352 e. The van der Waals surface area contributed by atoms with Gasteiger partial charge in [0.1, 0.15) is 0 Å². The Bertz CT molecular complexity index is 605.